The highest BCUT2D eigenvalue weighted by Crippen LogP contribution is 2.43. The van der Waals surface area contributed by atoms with Gasteiger partial charge in [0.05, 0.1) is 18.1 Å². The van der Waals surface area contributed by atoms with Crippen molar-refractivity contribution in [1.29, 1.82) is 0 Å². The highest BCUT2D eigenvalue weighted by atomic mass is 19.3. The van der Waals surface area contributed by atoms with E-state index in [4.69, 9.17) is 4.74 Å². The fourth-order valence-electron chi connectivity index (χ4n) is 4.89. The monoisotopic (exact) mass is 516 g/mol. The van der Waals surface area contributed by atoms with Gasteiger partial charge < -0.3 is 14.2 Å². The lowest BCUT2D eigenvalue weighted by molar-refractivity contribution is -0.225. The van der Waals surface area contributed by atoms with E-state index in [0.29, 0.717) is 25.4 Å². The van der Waals surface area contributed by atoms with Gasteiger partial charge in [0.25, 0.3) is 6.08 Å². The first-order valence-corrected chi connectivity index (χ1v) is 11.7. The second-order valence-electron chi connectivity index (χ2n) is 9.19. The van der Waals surface area contributed by atoms with Crippen LogP contribution in [0.15, 0.2) is 24.3 Å². The summed E-state index contributed by atoms with van der Waals surface area (Å²) in [5.74, 6) is -6.76. The Bertz CT molecular complexity index is 849. The van der Waals surface area contributed by atoms with Gasteiger partial charge in [-0.25, -0.2) is 8.78 Å². The lowest BCUT2D eigenvalue weighted by atomic mass is 9.76. The van der Waals surface area contributed by atoms with Crippen molar-refractivity contribution in [2.24, 2.45) is 17.8 Å². The molecule has 0 radical (unpaired) electrons. The minimum atomic E-state index is -4.72. The van der Waals surface area contributed by atoms with E-state index < -0.39 is 53.4 Å². The van der Waals surface area contributed by atoms with Gasteiger partial charge in [0.1, 0.15) is 5.75 Å². The molecule has 2 unspecified atom stereocenters. The van der Waals surface area contributed by atoms with Gasteiger partial charge in [0, 0.05) is 18.7 Å². The molecule has 35 heavy (non-hydrogen) atoms. The minimum Gasteiger partial charge on any atom is -0.432 e. The van der Waals surface area contributed by atoms with Gasteiger partial charge in [0.2, 0.25) is 0 Å². The predicted octanol–water partition coefficient (Wildman–Crippen LogP) is 8.09. The maximum atomic E-state index is 14.7. The van der Waals surface area contributed by atoms with Crippen molar-refractivity contribution >= 4 is 0 Å². The summed E-state index contributed by atoms with van der Waals surface area (Å²) >= 11 is 0. The second-order valence-corrected chi connectivity index (χ2v) is 9.19. The molecule has 1 saturated heterocycles. The Labute approximate surface area is 198 Å². The van der Waals surface area contributed by atoms with Gasteiger partial charge in [-0.15, -0.1) is 0 Å². The van der Waals surface area contributed by atoms with Crippen LogP contribution in [0.5, 0.6) is 11.5 Å². The molecule has 3 nitrogen and oxygen atoms in total. The summed E-state index contributed by atoms with van der Waals surface area (Å²) in [5, 5.41) is 0. The van der Waals surface area contributed by atoms with Crippen LogP contribution in [0.1, 0.15) is 58.3 Å². The zero-order valence-corrected chi connectivity index (χ0v) is 19.2. The summed E-state index contributed by atoms with van der Waals surface area (Å²) in [6.45, 7) is 2.80. The average molecular weight is 516 g/mol. The van der Waals surface area contributed by atoms with Crippen molar-refractivity contribution in [3.8, 4) is 11.5 Å². The Morgan fingerprint density at radius 1 is 0.971 bits per heavy atom. The van der Waals surface area contributed by atoms with Crippen molar-refractivity contribution in [1.82, 2.24) is 0 Å². The fourth-order valence-corrected chi connectivity index (χ4v) is 4.89. The molecule has 0 spiro atoms. The molecule has 2 aliphatic rings. The maximum Gasteiger partial charge on any atom is 0.425 e. The third-order valence-corrected chi connectivity index (χ3v) is 6.62. The largest absolute Gasteiger partial charge is 0.432 e. The molecule has 0 bridgehead atoms. The van der Waals surface area contributed by atoms with Crippen LogP contribution in [0.25, 0.3) is 0 Å². The highest BCUT2D eigenvalue weighted by molar-refractivity contribution is 5.35. The molecule has 1 aromatic rings. The second kappa shape index (κ2) is 11.3. The highest BCUT2D eigenvalue weighted by Gasteiger charge is 2.45. The molecule has 3 rings (SSSR count). The Morgan fingerprint density at radius 2 is 1.60 bits per heavy atom. The minimum absolute atomic E-state index is 0.0353. The molecule has 1 heterocycles. The molecule has 1 aromatic carbocycles. The fraction of sp³-hybridized carbons (Fsp3) is 0.667. The summed E-state index contributed by atoms with van der Waals surface area (Å²) in [7, 11) is 0. The van der Waals surface area contributed by atoms with Crippen LogP contribution in [0.3, 0.4) is 0 Å². The first-order chi connectivity index (χ1) is 16.4. The van der Waals surface area contributed by atoms with E-state index in [1.807, 2.05) is 0 Å². The van der Waals surface area contributed by atoms with Crippen LogP contribution in [0, 0.1) is 29.4 Å². The normalized spacial score (nSPS) is 25.7. The third kappa shape index (κ3) is 7.47. The van der Waals surface area contributed by atoms with Gasteiger partial charge in [-0.3, -0.25) is 0 Å². The maximum absolute atomic E-state index is 14.7. The Morgan fingerprint density at radius 3 is 2.11 bits per heavy atom. The number of hydrogen-bond donors (Lipinski definition) is 0. The Hall–Kier alpha value is -2.04. The van der Waals surface area contributed by atoms with E-state index in [0.717, 1.165) is 25.7 Å². The van der Waals surface area contributed by atoms with Gasteiger partial charge in [0.15, 0.2) is 17.4 Å². The molecule has 1 saturated carbocycles. The van der Waals surface area contributed by atoms with E-state index in [2.05, 4.69) is 16.4 Å². The number of alkyl halides is 4. The van der Waals surface area contributed by atoms with E-state index in [1.54, 1.807) is 0 Å². The third-order valence-electron chi connectivity index (χ3n) is 6.62. The van der Waals surface area contributed by atoms with Crippen molar-refractivity contribution in [2.75, 3.05) is 6.61 Å². The predicted molar refractivity (Wildman–Crippen MR) is 111 cm³/mol. The molecule has 2 atom stereocenters. The Kier molecular flexibility index (Phi) is 8.93. The van der Waals surface area contributed by atoms with E-state index >= 15 is 0 Å². The smallest absolute Gasteiger partial charge is 0.425 e. The van der Waals surface area contributed by atoms with Crippen LogP contribution in [-0.4, -0.2) is 24.9 Å². The van der Waals surface area contributed by atoms with Gasteiger partial charge in [-0.1, -0.05) is 13.3 Å². The zero-order valence-electron chi connectivity index (χ0n) is 19.2. The lowest BCUT2D eigenvalue weighted by Gasteiger charge is -2.39. The van der Waals surface area contributed by atoms with Crippen LogP contribution < -0.4 is 9.47 Å². The van der Waals surface area contributed by atoms with Crippen LogP contribution in [0.2, 0.25) is 0 Å². The topological polar surface area (TPSA) is 27.7 Å². The molecule has 1 aliphatic heterocycles. The van der Waals surface area contributed by atoms with Crippen LogP contribution >= 0.6 is 0 Å². The quantitative estimate of drug-likeness (QED) is 0.311. The molecule has 0 amide bonds. The molecule has 0 aromatic heterocycles. The number of hydrogen-bond acceptors (Lipinski definition) is 3. The molecule has 198 valence electrons. The summed E-state index contributed by atoms with van der Waals surface area (Å²) in [5.41, 5.74) is 0. The van der Waals surface area contributed by atoms with Gasteiger partial charge in [-0.05, 0) is 56.8 Å². The van der Waals surface area contributed by atoms with Crippen molar-refractivity contribution < 1.29 is 49.3 Å². The van der Waals surface area contributed by atoms with Crippen molar-refractivity contribution in [2.45, 2.75) is 76.6 Å². The molecule has 11 heteroatoms. The van der Waals surface area contributed by atoms with E-state index in [-0.39, 0.29) is 37.0 Å². The molecule has 1 aliphatic carbocycles. The lowest BCUT2D eigenvalue weighted by Crippen LogP contribution is -2.40. The van der Waals surface area contributed by atoms with E-state index in [9.17, 15) is 35.1 Å². The van der Waals surface area contributed by atoms with E-state index in [1.165, 1.54) is 0 Å². The number of benzene rings is 1. The SMILES string of the molecule is CCCC1CCC(C2CCC(C(F)(F)Oc3cc(F)c(OC(F)(F)C=C(F)F)c(F)c3)CC2)OC1. The number of rotatable bonds is 9. The number of ether oxygens (including phenoxy) is 3. The van der Waals surface area contributed by atoms with Gasteiger partial charge >= 0.3 is 12.2 Å². The molecular formula is C24H28F8O3. The summed E-state index contributed by atoms with van der Waals surface area (Å²) in [6, 6.07) is 0.484. The van der Waals surface area contributed by atoms with Crippen LogP contribution in [0.4, 0.5) is 35.1 Å². The first-order valence-electron chi connectivity index (χ1n) is 11.7. The number of halogens is 8. The van der Waals surface area contributed by atoms with Crippen molar-refractivity contribution in [3.63, 3.8) is 0 Å². The molecule has 0 N–H and O–H groups in total. The van der Waals surface area contributed by atoms with Crippen molar-refractivity contribution in [3.05, 3.63) is 35.9 Å². The van der Waals surface area contributed by atoms with Gasteiger partial charge in [-0.2, -0.15) is 26.3 Å². The average Bonchev–Trinajstić information content (AvgIpc) is 2.76. The first kappa shape index (κ1) is 27.5. The Balaban J connectivity index is 1.58. The summed E-state index contributed by atoms with van der Waals surface area (Å²) in [4.78, 5) is 0. The van der Waals surface area contributed by atoms with Crippen LogP contribution in [-0.2, 0) is 4.74 Å². The molecular weight excluding hydrogens is 488 g/mol. The standard InChI is InChI=1S/C24H28F8O3/c1-2-3-14-4-9-20(33-13-14)15-5-7-16(8-6-15)24(31,32)34-17-10-18(25)22(19(26)11-17)35-23(29,30)12-21(27)28/h10-12,14-16,20H,2-9,13H2,1H3. The molecule has 2 fully saturated rings. The zero-order chi connectivity index (χ0) is 25.8. The summed E-state index contributed by atoms with van der Waals surface area (Å²) < 4.78 is 122. The summed E-state index contributed by atoms with van der Waals surface area (Å²) in [6.07, 6.45) is -6.85.